The zero-order chi connectivity index (χ0) is 29.8. The number of carbonyl (C=O) groups is 3. The summed E-state index contributed by atoms with van der Waals surface area (Å²) in [6.45, 7) is 7.94. The number of piperazine rings is 1. The Morgan fingerprint density at radius 3 is 2.41 bits per heavy atom. The van der Waals surface area contributed by atoms with Crippen molar-refractivity contribution in [3.8, 4) is 11.4 Å². The average molecular weight is 580 g/mol. The second kappa shape index (κ2) is 12.4. The minimum Gasteiger partial charge on any atom is -0.462 e. The van der Waals surface area contributed by atoms with Crippen LogP contribution in [0.3, 0.4) is 0 Å². The molecule has 1 atom stereocenters. The first-order valence-corrected chi connectivity index (χ1v) is 13.5. The molecule has 41 heavy (non-hydrogen) atoms. The third-order valence-corrected chi connectivity index (χ3v) is 6.96. The molecule has 2 heterocycles. The van der Waals surface area contributed by atoms with E-state index < -0.39 is 28.7 Å². The van der Waals surface area contributed by atoms with Gasteiger partial charge in [0, 0.05) is 43.4 Å². The molecule has 4 rings (SSSR count). The molecule has 3 aromatic rings. The number of aryl methyl sites for hydroxylation is 1. The maximum Gasteiger partial charge on any atom is 0.342 e. The van der Waals surface area contributed by atoms with E-state index >= 15 is 0 Å². The van der Waals surface area contributed by atoms with Crippen molar-refractivity contribution in [2.75, 3.05) is 26.2 Å². The van der Waals surface area contributed by atoms with E-state index in [0.29, 0.717) is 17.1 Å². The zero-order valence-corrected chi connectivity index (χ0v) is 23.9. The molecule has 1 aromatic heterocycles. The van der Waals surface area contributed by atoms with Gasteiger partial charge in [-0.3, -0.25) is 19.7 Å². The van der Waals surface area contributed by atoms with Gasteiger partial charge in [-0.05, 0) is 25.8 Å². The van der Waals surface area contributed by atoms with E-state index in [-0.39, 0.29) is 59.7 Å². The van der Waals surface area contributed by atoms with Crippen LogP contribution >= 0.6 is 11.6 Å². The number of non-ortho nitro benzene ring substituents is 1. The summed E-state index contributed by atoms with van der Waals surface area (Å²) in [5.74, 6) is -1.14. The molecule has 2 amide bonds. The van der Waals surface area contributed by atoms with Crippen molar-refractivity contribution < 1.29 is 24.0 Å². The van der Waals surface area contributed by atoms with Gasteiger partial charge in [-0.1, -0.05) is 55.8 Å². The number of ether oxygens (including phenoxy) is 1. The molecule has 1 saturated heterocycles. The van der Waals surface area contributed by atoms with Crippen molar-refractivity contribution in [1.29, 1.82) is 0 Å². The summed E-state index contributed by atoms with van der Waals surface area (Å²) in [4.78, 5) is 62.8. The van der Waals surface area contributed by atoms with E-state index in [1.165, 1.54) is 12.1 Å². The SMILES string of the molecule is Cc1nc(-c2ccccc2)nc(C(=O)N2CCN(C(=O)c3ccc([N+](=O)[O-])cc3Cl)C(C)C2)c1C(=O)OCC(C)C. The highest BCUT2D eigenvalue weighted by molar-refractivity contribution is 6.34. The molecular formula is C29H30ClN5O6. The van der Waals surface area contributed by atoms with Crippen molar-refractivity contribution in [3.63, 3.8) is 0 Å². The average Bonchev–Trinajstić information content (AvgIpc) is 2.95. The van der Waals surface area contributed by atoms with Crippen molar-refractivity contribution in [3.05, 3.63) is 86.2 Å². The standard InChI is InChI=1S/C29H30ClN5O6/c1-17(2)16-41-29(38)24-19(4)31-26(20-8-6-5-7-9-20)32-25(24)28(37)33-12-13-34(18(3)15-33)27(36)22-11-10-21(35(39)40)14-23(22)30/h5-11,14,17-18H,12-13,15-16H2,1-4H3. The lowest BCUT2D eigenvalue weighted by atomic mass is 10.1. The summed E-state index contributed by atoms with van der Waals surface area (Å²) in [5.41, 5.74) is 0.890. The molecule has 12 heteroatoms. The van der Waals surface area contributed by atoms with E-state index in [1.54, 1.807) is 23.6 Å². The van der Waals surface area contributed by atoms with Crippen LogP contribution in [0.1, 0.15) is 57.7 Å². The molecule has 2 aromatic carbocycles. The van der Waals surface area contributed by atoms with Gasteiger partial charge in [0.05, 0.1) is 27.8 Å². The molecule has 11 nitrogen and oxygen atoms in total. The molecule has 1 aliphatic rings. The first kappa shape index (κ1) is 29.6. The molecule has 0 radical (unpaired) electrons. The second-order valence-electron chi connectivity index (χ2n) is 10.2. The molecular weight excluding hydrogens is 550 g/mol. The number of esters is 1. The smallest absolute Gasteiger partial charge is 0.342 e. The summed E-state index contributed by atoms with van der Waals surface area (Å²) in [6, 6.07) is 12.4. The first-order valence-electron chi connectivity index (χ1n) is 13.1. The third-order valence-electron chi connectivity index (χ3n) is 6.65. The normalized spacial score (nSPS) is 15.1. The number of benzene rings is 2. The minimum atomic E-state index is -0.672. The van der Waals surface area contributed by atoms with E-state index in [4.69, 9.17) is 16.3 Å². The number of amides is 2. The molecule has 0 saturated carbocycles. The van der Waals surface area contributed by atoms with Gasteiger partial charge >= 0.3 is 5.97 Å². The van der Waals surface area contributed by atoms with Gasteiger partial charge < -0.3 is 14.5 Å². The summed E-state index contributed by atoms with van der Waals surface area (Å²) < 4.78 is 5.45. The number of aromatic nitrogens is 2. The Kier molecular flexibility index (Phi) is 8.97. The third kappa shape index (κ3) is 6.51. The molecule has 0 aliphatic carbocycles. The Hall–Kier alpha value is -4.38. The highest BCUT2D eigenvalue weighted by Crippen LogP contribution is 2.26. The van der Waals surface area contributed by atoms with Gasteiger partial charge in [0.2, 0.25) is 0 Å². The van der Waals surface area contributed by atoms with Crippen LogP contribution in [0.25, 0.3) is 11.4 Å². The lowest BCUT2D eigenvalue weighted by Crippen LogP contribution is -2.55. The first-order chi connectivity index (χ1) is 19.5. The van der Waals surface area contributed by atoms with Gasteiger partial charge in [0.15, 0.2) is 5.82 Å². The van der Waals surface area contributed by atoms with Crippen molar-refractivity contribution in [1.82, 2.24) is 19.8 Å². The molecule has 1 fully saturated rings. The number of nitro benzene ring substituents is 1. The van der Waals surface area contributed by atoms with Crippen molar-refractivity contribution in [2.45, 2.75) is 33.7 Å². The number of hydrogen-bond acceptors (Lipinski definition) is 8. The summed E-state index contributed by atoms with van der Waals surface area (Å²) in [5, 5.41) is 11.0. The monoisotopic (exact) mass is 579 g/mol. The second-order valence-corrected chi connectivity index (χ2v) is 10.6. The number of hydrogen-bond donors (Lipinski definition) is 0. The van der Waals surface area contributed by atoms with E-state index in [0.717, 1.165) is 6.07 Å². The van der Waals surface area contributed by atoms with E-state index in [9.17, 15) is 24.5 Å². The minimum absolute atomic E-state index is 0.0131. The van der Waals surface area contributed by atoms with Crippen molar-refractivity contribution in [2.24, 2.45) is 5.92 Å². The molecule has 1 unspecified atom stereocenters. The predicted molar refractivity (Wildman–Crippen MR) is 152 cm³/mol. The Morgan fingerprint density at radius 1 is 1.10 bits per heavy atom. The lowest BCUT2D eigenvalue weighted by Gasteiger charge is -2.40. The van der Waals surface area contributed by atoms with E-state index in [1.807, 2.05) is 44.2 Å². The Bertz CT molecular complexity index is 1500. The van der Waals surface area contributed by atoms with Gasteiger partial charge in [-0.25, -0.2) is 14.8 Å². The number of nitrogens with zero attached hydrogens (tertiary/aromatic N) is 5. The molecule has 0 spiro atoms. The molecule has 0 N–H and O–H groups in total. The maximum absolute atomic E-state index is 13.9. The van der Waals surface area contributed by atoms with Crippen LogP contribution in [0.4, 0.5) is 5.69 Å². The van der Waals surface area contributed by atoms with Crippen LogP contribution in [0.5, 0.6) is 0 Å². The fraction of sp³-hybridized carbons (Fsp3) is 0.345. The Labute approximate surface area is 242 Å². The van der Waals surface area contributed by atoms with Crippen molar-refractivity contribution >= 4 is 35.1 Å². The number of nitro groups is 1. The number of halogens is 1. The fourth-order valence-electron chi connectivity index (χ4n) is 4.54. The molecule has 0 bridgehead atoms. The topological polar surface area (TPSA) is 136 Å². The van der Waals surface area contributed by atoms with Gasteiger partial charge in [0.1, 0.15) is 11.3 Å². The van der Waals surface area contributed by atoms with Gasteiger partial charge in [0.25, 0.3) is 17.5 Å². The van der Waals surface area contributed by atoms with Crippen LogP contribution in [-0.4, -0.2) is 74.8 Å². The van der Waals surface area contributed by atoms with Crippen LogP contribution in [0, 0.1) is 23.0 Å². The Balaban J connectivity index is 1.61. The van der Waals surface area contributed by atoms with Crippen LogP contribution in [0.2, 0.25) is 5.02 Å². The molecule has 214 valence electrons. The number of rotatable bonds is 7. The maximum atomic E-state index is 13.9. The van der Waals surface area contributed by atoms with Crippen LogP contribution in [0.15, 0.2) is 48.5 Å². The van der Waals surface area contributed by atoms with E-state index in [2.05, 4.69) is 9.97 Å². The summed E-state index contributed by atoms with van der Waals surface area (Å²) in [6.07, 6.45) is 0. The quantitative estimate of drug-likeness (QED) is 0.221. The largest absolute Gasteiger partial charge is 0.462 e. The summed E-state index contributed by atoms with van der Waals surface area (Å²) in [7, 11) is 0. The molecule has 1 aliphatic heterocycles. The highest BCUT2D eigenvalue weighted by atomic mass is 35.5. The van der Waals surface area contributed by atoms with Crippen LogP contribution in [-0.2, 0) is 4.74 Å². The number of carbonyl (C=O) groups excluding carboxylic acids is 3. The Morgan fingerprint density at radius 2 is 1.80 bits per heavy atom. The van der Waals surface area contributed by atoms with Crippen LogP contribution < -0.4 is 0 Å². The summed E-state index contributed by atoms with van der Waals surface area (Å²) >= 11 is 6.19. The predicted octanol–water partition coefficient (Wildman–Crippen LogP) is 4.81. The fourth-order valence-corrected chi connectivity index (χ4v) is 4.80. The van der Waals surface area contributed by atoms with Gasteiger partial charge in [-0.15, -0.1) is 0 Å². The highest BCUT2D eigenvalue weighted by Gasteiger charge is 2.35. The lowest BCUT2D eigenvalue weighted by molar-refractivity contribution is -0.384. The van der Waals surface area contributed by atoms with Gasteiger partial charge in [-0.2, -0.15) is 0 Å². The zero-order valence-electron chi connectivity index (χ0n) is 23.2.